The number of hydrogen-bond donors (Lipinski definition) is 2. The Balaban J connectivity index is 2.20. The molecule has 1 amide bonds. The first-order valence-electron chi connectivity index (χ1n) is 6.04. The van der Waals surface area contributed by atoms with Crippen molar-refractivity contribution in [1.82, 2.24) is 0 Å². The highest BCUT2D eigenvalue weighted by molar-refractivity contribution is 5.96. The highest BCUT2D eigenvalue weighted by atomic mass is 19.1. The summed E-state index contributed by atoms with van der Waals surface area (Å²) in [7, 11) is 0. The molecule has 3 nitrogen and oxygen atoms in total. The van der Waals surface area contributed by atoms with Crippen LogP contribution in [0.3, 0.4) is 0 Å². The highest BCUT2D eigenvalue weighted by Gasteiger charge is 2.47. The zero-order valence-corrected chi connectivity index (χ0v) is 10.5. The second-order valence-electron chi connectivity index (χ2n) is 5.20. The first-order valence-corrected chi connectivity index (χ1v) is 6.04. The van der Waals surface area contributed by atoms with Crippen molar-refractivity contribution in [2.45, 2.75) is 19.8 Å². The molecule has 6 heteroatoms. The Labute approximate surface area is 109 Å². The van der Waals surface area contributed by atoms with Gasteiger partial charge in [-0.05, 0) is 18.8 Å². The molecule has 0 bridgehead atoms. The molecule has 0 aromatic heterocycles. The Hall–Kier alpha value is -1.56. The third kappa shape index (κ3) is 2.45. The number of halogens is 3. The molecule has 0 saturated heterocycles. The van der Waals surface area contributed by atoms with Crippen LogP contribution in [0.2, 0.25) is 0 Å². The van der Waals surface area contributed by atoms with Crippen molar-refractivity contribution >= 4 is 11.6 Å². The van der Waals surface area contributed by atoms with Gasteiger partial charge in [-0.2, -0.15) is 0 Å². The minimum absolute atomic E-state index is 0.119. The van der Waals surface area contributed by atoms with Gasteiger partial charge in [-0.15, -0.1) is 0 Å². The van der Waals surface area contributed by atoms with Gasteiger partial charge in [-0.25, -0.2) is 13.2 Å². The molecule has 0 spiro atoms. The molecular weight excluding hydrogens is 257 g/mol. The standard InChI is InChI=1S/C13H15F3N2O/c1-7-4-13(5-7,6-17)12(19)18-11-9(15)2-8(14)3-10(11)16/h2-3,7H,4-6,17H2,1H3,(H,18,19). The van der Waals surface area contributed by atoms with E-state index in [1.807, 2.05) is 6.92 Å². The van der Waals surface area contributed by atoms with E-state index < -0.39 is 34.5 Å². The smallest absolute Gasteiger partial charge is 0.232 e. The average molecular weight is 272 g/mol. The lowest BCUT2D eigenvalue weighted by atomic mass is 9.62. The topological polar surface area (TPSA) is 55.1 Å². The minimum Gasteiger partial charge on any atom is -0.329 e. The third-order valence-electron chi connectivity index (χ3n) is 3.60. The van der Waals surface area contributed by atoms with Crippen LogP contribution in [-0.4, -0.2) is 12.5 Å². The zero-order chi connectivity index (χ0) is 14.2. The van der Waals surface area contributed by atoms with Crippen LogP contribution in [0.25, 0.3) is 0 Å². The van der Waals surface area contributed by atoms with Crippen LogP contribution in [0.4, 0.5) is 18.9 Å². The molecule has 1 fully saturated rings. The van der Waals surface area contributed by atoms with Crippen LogP contribution in [0.15, 0.2) is 12.1 Å². The fourth-order valence-electron chi connectivity index (χ4n) is 2.63. The maximum absolute atomic E-state index is 13.4. The fourth-order valence-corrected chi connectivity index (χ4v) is 2.63. The van der Waals surface area contributed by atoms with Crippen molar-refractivity contribution in [3.63, 3.8) is 0 Å². The molecule has 0 aliphatic heterocycles. The van der Waals surface area contributed by atoms with E-state index in [1.54, 1.807) is 0 Å². The SMILES string of the molecule is CC1CC(CN)(C(=O)Nc2c(F)cc(F)cc2F)C1. The van der Waals surface area contributed by atoms with E-state index >= 15 is 0 Å². The molecule has 1 aliphatic carbocycles. The number of nitrogens with two attached hydrogens (primary N) is 1. The average Bonchev–Trinajstić information content (AvgIpc) is 2.29. The molecule has 19 heavy (non-hydrogen) atoms. The summed E-state index contributed by atoms with van der Waals surface area (Å²) < 4.78 is 39.6. The summed E-state index contributed by atoms with van der Waals surface area (Å²) in [5, 5.41) is 2.18. The molecule has 1 aliphatic rings. The molecule has 0 heterocycles. The number of rotatable bonds is 3. The lowest BCUT2D eigenvalue weighted by molar-refractivity contribution is -0.132. The van der Waals surface area contributed by atoms with Gasteiger partial charge in [-0.1, -0.05) is 6.92 Å². The van der Waals surface area contributed by atoms with Crippen molar-refractivity contribution in [2.75, 3.05) is 11.9 Å². The molecule has 0 atom stereocenters. The Morgan fingerprint density at radius 1 is 1.37 bits per heavy atom. The Morgan fingerprint density at radius 3 is 2.32 bits per heavy atom. The van der Waals surface area contributed by atoms with E-state index in [0.717, 1.165) is 0 Å². The fraction of sp³-hybridized carbons (Fsp3) is 0.462. The van der Waals surface area contributed by atoms with E-state index in [-0.39, 0.29) is 6.54 Å². The Kier molecular flexibility index (Phi) is 3.54. The molecule has 0 unspecified atom stereocenters. The van der Waals surface area contributed by atoms with Gasteiger partial charge in [0.2, 0.25) is 5.91 Å². The largest absolute Gasteiger partial charge is 0.329 e. The van der Waals surface area contributed by atoms with Gasteiger partial charge in [0.15, 0.2) is 11.6 Å². The molecule has 1 aromatic rings. The summed E-state index contributed by atoms with van der Waals surface area (Å²) in [6.45, 7) is 2.09. The van der Waals surface area contributed by atoms with E-state index in [2.05, 4.69) is 5.32 Å². The summed E-state index contributed by atoms with van der Waals surface area (Å²) in [5.41, 5.74) is 4.18. The van der Waals surface area contributed by atoms with Crippen molar-refractivity contribution < 1.29 is 18.0 Å². The van der Waals surface area contributed by atoms with Gasteiger partial charge < -0.3 is 11.1 Å². The summed E-state index contributed by atoms with van der Waals surface area (Å²) in [6, 6.07) is 1.05. The van der Waals surface area contributed by atoms with E-state index in [9.17, 15) is 18.0 Å². The number of carbonyl (C=O) groups excluding carboxylic acids is 1. The predicted octanol–water partition coefficient (Wildman–Crippen LogP) is 2.42. The second-order valence-corrected chi connectivity index (χ2v) is 5.20. The number of nitrogens with one attached hydrogen (secondary N) is 1. The summed E-state index contributed by atoms with van der Waals surface area (Å²) in [5.74, 6) is -3.45. The van der Waals surface area contributed by atoms with E-state index in [0.29, 0.717) is 30.9 Å². The molecule has 104 valence electrons. The molecule has 3 N–H and O–H groups in total. The van der Waals surface area contributed by atoms with Gasteiger partial charge in [0, 0.05) is 18.7 Å². The van der Waals surface area contributed by atoms with E-state index in [4.69, 9.17) is 5.73 Å². The minimum atomic E-state index is -1.13. The Bertz CT molecular complexity index is 490. The molecule has 1 saturated carbocycles. The third-order valence-corrected chi connectivity index (χ3v) is 3.60. The number of benzene rings is 1. The van der Waals surface area contributed by atoms with Crippen LogP contribution in [-0.2, 0) is 4.79 Å². The van der Waals surface area contributed by atoms with Crippen molar-refractivity contribution in [3.05, 3.63) is 29.6 Å². The maximum Gasteiger partial charge on any atom is 0.232 e. The van der Waals surface area contributed by atoms with Gasteiger partial charge in [0.05, 0.1) is 5.41 Å². The number of anilines is 1. The van der Waals surface area contributed by atoms with Crippen LogP contribution < -0.4 is 11.1 Å². The summed E-state index contributed by atoms with van der Waals surface area (Å²) >= 11 is 0. The number of carbonyl (C=O) groups is 1. The van der Waals surface area contributed by atoms with Gasteiger partial charge in [0.25, 0.3) is 0 Å². The van der Waals surface area contributed by atoms with Crippen molar-refractivity contribution in [3.8, 4) is 0 Å². The first kappa shape index (κ1) is 13.9. The van der Waals surface area contributed by atoms with Crippen LogP contribution in [0.5, 0.6) is 0 Å². The Morgan fingerprint density at radius 2 is 1.89 bits per heavy atom. The normalized spacial score (nSPS) is 25.8. The second kappa shape index (κ2) is 4.85. The van der Waals surface area contributed by atoms with Crippen LogP contribution >= 0.6 is 0 Å². The zero-order valence-electron chi connectivity index (χ0n) is 10.5. The summed E-state index contributed by atoms with van der Waals surface area (Å²) in [4.78, 5) is 12.1. The molecule has 0 radical (unpaired) electrons. The maximum atomic E-state index is 13.4. The van der Waals surface area contributed by atoms with Crippen molar-refractivity contribution in [1.29, 1.82) is 0 Å². The van der Waals surface area contributed by atoms with Crippen LogP contribution in [0, 0.1) is 28.8 Å². The number of amides is 1. The van der Waals surface area contributed by atoms with Gasteiger partial charge in [0.1, 0.15) is 11.5 Å². The van der Waals surface area contributed by atoms with E-state index in [1.165, 1.54) is 0 Å². The molecular formula is C13H15F3N2O. The van der Waals surface area contributed by atoms with Gasteiger partial charge >= 0.3 is 0 Å². The first-order chi connectivity index (χ1) is 8.88. The highest BCUT2D eigenvalue weighted by Crippen LogP contribution is 2.45. The quantitative estimate of drug-likeness (QED) is 0.887. The van der Waals surface area contributed by atoms with Crippen molar-refractivity contribution in [2.24, 2.45) is 17.1 Å². The monoisotopic (exact) mass is 272 g/mol. The predicted molar refractivity (Wildman–Crippen MR) is 64.8 cm³/mol. The van der Waals surface area contributed by atoms with Crippen LogP contribution in [0.1, 0.15) is 19.8 Å². The number of hydrogen-bond acceptors (Lipinski definition) is 2. The molecule has 2 rings (SSSR count). The lowest BCUT2D eigenvalue weighted by Crippen LogP contribution is -2.51. The lowest BCUT2D eigenvalue weighted by Gasteiger charge is -2.44. The molecule has 1 aromatic carbocycles. The van der Waals surface area contributed by atoms with Gasteiger partial charge in [-0.3, -0.25) is 4.79 Å². The summed E-state index contributed by atoms with van der Waals surface area (Å²) in [6.07, 6.45) is 1.17.